The van der Waals surface area contributed by atoms with Crippen LogP contribution in [0.25, 0.3) is 0 Å². The molecule has 1 nitrogen and oxygen atoms in total. The summed E-state index contributed by atoms with van der Waals surface area (Å²) in [5, 5.41) is 3.34. The zero-order chi connectivity index (χ0) is 15.6. The molecule has 1 N–H and O–H groups in total. The summed E-state index contributed by atoms with van der Waals surface area (Å²) in [7, 11) is 0. The molecule has 0 spiro atoms. The number of aryl methyl sites for hydroxylation is 2. The smallest absolute Gasteiger partial charge is 0.159 e. The third-order valence-electron chi connectivity index (χ3n) is 3.54. The van der Waals surface area contributed by atoms with Crippen molar-refractivity contribution in [2.45, 2.75) is 26.8 Å². The topological polar surface area (TPSA) is 12.0 Å². The lowest BCUT2D eigenvalue weighted by Crippen LogP contribution is -2.23. The molecular weight excluding hydrogens is 336 g/mol. The quantitative estimate of drug-likeness (QED) is 0.811. The summed E-state index contributed by atoms with van der Waals surface area (Å²) >= 11 is 3.52. The molecule has 0 fully saturated rings. The van der Waals surface area contributed by atoms with Crippen LogP contribution in [-0.2, 0) is 0 Å². The molecule has 0 heterocycles. The van der Waals surface area contributed by atoms with Crippen molar-refractivity contribution in [1.29, 1.82) is 0 Å². The molecule has 112 valence electrons. The molecule has 0 amide bonds. The Kier molecular flexibility index (Phi) is 5.12. The summed E-state index contributed by atoms with van der Waals surface area (Å²) in [6.45, 7) is 6.76. The van der Waals surface area contributed by atoms with Crippen LogP contribution in [0.5, 0.6) is 0 Å². The molecule has 0 aliphatic rings. The predicted octanol–water partition coefficient (Wildman–Crippen LogP) is 5.04. The SMILES string of the molecule is CCNC(c1ccc(F)c(F)c1)c1cc(C)c(Br)cc1C. The molecule has 0 aliphatic carbocycles. The fraction of sp³-hybridized carbons (Fsp3) is 0.294. The van der Waals surface area contributed by atoms with Crippen molar-refractivity contribution in [1.82, 2.24) is 5.32 Å². The van der Waals surface area contributed by atoms with E-state index in [0.717, 1.165) is 33.3 Å². The maximum atomic E-state index is 13.5. The number of hydrogen-bond acceptors (Lipinski definition) is 1. The molecule has 0 bridgehead atoms. The predicted molar refractivity (Wildman–Crippen MR) is 85.5 cm³/mol. The molecule has 0 saturated heterocycles. The summed E-state index contributed by atoms with van der Waals surface area (Å²) in [6.07, 6.45) is 0. The first-order chi connectivity index (χ1) is 9.93. The molecule has 0 saturated carbocycles. The van der Waals surface area contributed by atoms with Gasteiger partial charge in [0.15, 0.2) is 11.6 Å². The van der Waals surface area contributed by atoms with Crippen LogP contribution in [-0.4, -0.2) is 6.54 Å². The highest BCUT2D eigenvalue weighted by Crippen LogP contribution is 2.30. The standard InChI is InChI=1S/C17H18BrF2N/c1-4-21-17(12-5-6-15(19)16(20)9-12)13-7-11(3)14(18)8-10(13)2/h5-9,17,21H,4H2,1-3H3. The maximum Gasteiger partial charge on any atom is 0.159 e. The summed E-state index contributed by atoms with van der Waals surface area (Å²) in [6, 6.07) is 8.04. The fourth-order valence-electron chi connectivity index (χ4n) is 2.42. The van der Waals surface area contributed by atoms with Crippen molar-refractivity contribution in [3.8, 4) is 0 Å². The van der Waals surface area contributed by atoms with Crippen LogP contribution in [0.1, 0.15) is 35.2 Å². The van der Waals surface area contributed by atoms with Crippen molar-refractivity contribution < 1.29 is 8.78 Å². The summed E-state index contributed by atoms with van der Waals surface area (Å²) < 4.78 is 27.7. The zero-order valence-corrected chi connectivity index (χ0v) is 13.9. The molecule has 2 aromatic rings. The van der Waals surface area contributed by atoms with Gasteiger partial charge >= 0.3 is 0 Å². The van der Waals surface area contributed by atoms with E-state index in [2.05, 4.69) is 33.4 Å². The van der Waals surface area contributed by atoms with Gasteiger partial charge in [0.2, 0.25) is 0 Å². The summed E-state index contributed by atoms with van der Waals surface area (Å²) in [5.74, 6) is -1.64. The molecule has 0 radical (unpaired) electrons. The van der Waals surface area contributed by atoms with E-state index in [-0.39, 0.29) is 6.04 Å². The number of hydrogen-bond donors (Lipinski definition) is 1. The number of halogens is 3. The average molecular weight is 354 g/mol. The van der Waals surface area contributed by atoms with Crippen LogP contribution < -0.4 is 5.32 Å². The highest BCUT2D eigenvalue weighted by atomic mass is 79.9. The van der Waals surface area contributed by atoms with Gasteiger partial charge in [0.25, 0.3) is 0 Å². The average Bonchev–Trinajstić information content (AvgIpc) is 2.44. The molecule has 21 heavy (non-hydrogen) atoms. The maximum absolute atomic E-state index is 13.5. The van der Waals surface area contributed by atoms with Crippen molar-refractivity contribution in [2.24, 2.45) is 0 Å². The molecule has 0 aromatic heterocycles. The van der Waals surface area contributed by atoms with E-state index < -0.39 is 11.6 Å². The van der Waals surface area contributed by atoms with Gasteiger partial charge in [0.1, 0.15) is 0 Å². The van der Waals surface area contributed by atoms with E-state index in [1.54, 1.807) is 6.07 Å². The van der Waals surface area contributed by atoms with Crippen LogP contribution in [0.2, 0.25) is 0 Å². The van der Waals surface area contributed by atoms with Gasteiger partial charge in [-0.15, -0.1) is 0 Å². The third-order valence-corrected chi connectivity index (χ3v) is 4.40. The first-order valence-electron chi connectivity index (χ1n) is 6.89. The molecule has 1 atom stereocenters. The molecule has 0 aliphatic heterocycles. The Morgan fingerprint density at radius 3 is 2.38 bits per heavy atom. The van der Waals surface area contributed by atoms with E-state index in [9.17, 15) is 8.78 Å². The third kappa shape index (κ3) is 3.50. The Morgan fingerprint density at radius 2 is 1.76 bits per heavy atom. The van der Waals surface area contributed by atoms with Gasteiger partial charge in [-0.1, -0.05) is 35.0 Å². The van der Waals surface area contributed by atoms with E-state index in [4.69, 9.17) is 0 Å². The van der Waals surface area contributed by atoms with Crippen molar-refractivity contribution >= 4 is 15.9 Å². The van der Waals surface area contributed by atoms with Crippen molar-refractivity contribution in [3.05, 3.63) is 68.7 Å². The largest absolute Gasteiger partial charge is 0.307 e. The molecular formula is C17H18BrF2N. The monoisotopic (exact) mass is 353 g/mol. The van der Waals surface area contributed by atoms with Gasteiger partial charge in [-0.3, -0.25) is 0 Å². The Hall–Kier alpha value is -1.26. The highest BCUT2D eigenvalue weighted by Gasteiger charge is 2.18. The lowest BCUT2D eigenvalue weighted by molar-refractivity contribution is 0.503. The Balaban J connectivity index is 2.52. The van der Waals surface area contributed by atoms with Crippen molar-refractivity contribution in [3.63, 3.8) is 0 Å². The zero-order valence-electron chi connectivity index (χ0n) is 12.3. The Bertz CT molecular complexity index is 655. The van der Waals surface area contributed by atoms with Gasteiger partial charge in [0.05, 0.1) is 6.04 Å². The summed E-state index contributed by atoms with van der Waals surface area (Å²) in [4.78, 5) is 0. The minimum Gasteiger partial charge on any atom is -0.307 e. The van der Waals surface area contributed by atoms with E-state index in [1.165, 1.54) is 12.1 Å². The van der Waals surface area contributed by atoms with Gasteiger partial charge in [-0.05, 0) is 60.8 Å². The van der Waals surface area contributed by atoms with Crippen LogP contribution in [0.15, 0.2) is 34.8 Å². The van der Waals surface area contributed by atoms with Crippen LogP contribution in [0.3, 0.4) is 0 Å². The molecule has 2 aromatic carbocycles. The second kappa shape index (κ2) is 6.67. The first kappa shape index (κ1) is 16.1. The van der Waals surface area contributed by atoms with Gasteiger partial charge in [-0.2, -0.15) is 0 Å². The van der Waals surface area contributed by atoms with Gasteiger partial charge in [0, 0.05) is 4.47 Å². The Morgan fingerprint density at radius 1 is 1.05 bits per heavy atom. The molecule has 1 unspecified atom stereocenters. The van der Waals surface area contributed by atoms with E-state index in [1.807, 2.05) is 20.8 Å². The molecule has 2 rings (SSSR count). The second-order valence-corrected chi connectivity index (χ2v) is 5.98. The van der Waals surface area contributed by atoms with Crippen molar-refractivity contribution in [2.75, 3.05) is 6.54 Å². The minimum atomic E-state index is -0.822. The van der Waals surface area contributed by atoms with Crippen LogP contribution in [0.4, 0.5) is 8.78 Å². The number of nitrogens with one attached hydrogen (secondary N) is 1. The number of rotatable bonds is 4. The lowest BCUT2D eigenvalue weighted by atomic mass is 9.93. The van der Waals surface area contributed by atoms with Gasteiger partial charge in [-0.25, -0.2) is 8.78 Å². The van der Waals surface area contributed by atoms with E-state index in [0.29, 0.717) is 0 Å². The van der Waals surface area contributed by atoms with Crippen LogP contribution in [0, 0.1) is 25.5 Å². The highest BCUT2D eigenvalue weighted by molar-refractivity contribution is 9.10. The first-order valence-corrected chi connectivity index (χ1v) is 7.68. The lowest BCUT2D eigenvalue weighted by Gasteiger charge is -2.22. The minimum absolute atomic E-state index is 0.156. The Labute approximate surface area is 132 Å². The number of benzene rings is 2. The second-order valence-electron chi connectivity index (χ2n) is 5.12. The van der Waals surface area contributed by atoms with Gasteiger partial charge < -0.3 is 5.32 Å². The fourth-order valence-corrected chi connectivity index (χ4v) is 2.88. The summed E-state index contributed by atoms with van der Waals surface area (Å²) in [5.41, 5.74) is 4.01. The van der Waals surface area contributed by atoms with E-state index >= 15 is 0 Å². The van der Waals surface area contributed by atoms with Crippen LogP contribution >= 0.6 is 15.9 Å². The normalized spacial score (nSPS) is 12.5. The molecule has 4 heteroatoms.